The van der Waals surface area contributed by atoms with Gasteiger partial charge in [-0.2, -0.15) is 0 Å². The minimum absolute atomic E-state index is 0.275. The summed E-state index contributed by atoms with van der Waals surface area (Å²) in [4.78, 5) is 10.2. The Morgan fingerprint density at radius 2 is 1.75 bits per heavy atom. The van der Waals surface area contributed by atoms with E-state index in [2.05, 4.69) is 55.9 Å². The fourth-order valence-corrected chi connectivity index (χ4v) is 2.77. The Morgan fingerprint density at radius 3 is 2.35 bits per heavy atom. The second kappa shape index (κ2) is 5.83. The Labute approximate surface area is 125 Å². The van der Waals surface area contributed by atoms with Crippen molar-refractivity contribution in [3.05, 3.63) is 40.7 Å². The van der Waals surface area contributed by atoms with Crippen LogP contribution in [0.15, 0.2) is 28.1 Å². The number of benzene rings is 1. The molecule has 2 aromatic rings. The number of nitrogens with zero attached hydrogens (tertiary/aromatic N) is 2. The minimum Gasteiger partial charge on any atom is -0.383 e. The second-order valence-corrected chi connectivity index (χ2v) is 6.46. The molecule has 0 aliphatic rings. The lowest BCUT2D eigenvalue weighted by Crippen LogP contribution is -2.05. The van der Waals surface area contributed by atoms with Gasteiger partial charge >= 0.3 is 0 Å². The van der Waals surface area contributed by atoms with Gasteiger partial charge < -0.3 is 5.73 Å². The Kier molecular flexibility index (Phi) is 4.33. The van der Waals surface area contributed by atoms with Crippen molar-refractivity contribution in [3.8, 4) is 0 Å². The molecule has 1 aromatic carbocycles. The molecule has 1 heterocycles. The van der Waals surface area contributed by atoms with Gasteiger partial charge in [0.2, 0.25) is 0 Å². The predicted octanol–water partition coefficient (Wildman–Crippen LogP) is 4.26. The summed E-state index contributed by atoms with van der Waals surface area (Å²) in [5.74, 6) is 1.66. The van der Waals surface area contributed by atoms with Crippen LogP contribution in [0.25, 0.3) is 0 Å². The first-order valence-corrected chi connectivity index (χ1v) is 7.59. The summed E-state index contributed by atoms with van der Waals surface area (Å²) in [6.07, 6.45) is 0. The zero-order chi connectivity index (χ0) is 14.9. The molecule has 0 bridgehead atoms. The average Bonchev–Trinajstić information content (AvgIpc) is 2.38. The zero-order valence-electron chi connectivity index (χ0n) is 12.7. The van der Waals surface area contributed by atoms with Crippen molar-refractivity contribution in [3.63, 3.8) is 0 Å². The lowest BCUT2D eigenvalue weighted by Gasteiger charge is -2.12. The molecule has 0 aliphatic heterocycles. The third kappa shape index (κ3) is 3.12. The van der Waals surface area contributed by atoms with Crippen LogP contribution in [0.2, 0.25) is 0 Å². The number of anilines is 1. The lowest BCUT2D eigenvalue weighted by atomic mass is 10.1. The number of rotatable bonds is 3. The van der Waals surface area contributed by atoms with Crippen LogP contribution >= 0.6 is 11.8 Å². The molecule has 20 heavy (non-hydrogen) atoms. The largest absolute Gasteiger partial charge is 0.383 e. The van der Waals surface area contributed by atoms with Crippen molar-refractivity contribution in [2.75, 3.05) is 5.73 Å². The van der Waals surface area contributed by atoms with Crippen molar-refractivity contribution < 1.29 is 0 Å². The normalized spacial score (nSPS) is 11.1. The molecule has 0 saturated heterocycles. The molecule has 1 aromatic heterocycles. The predicted molar refractivity (Wildman–Crippen MR) is 85.3 cm³/mol. The summed E-state index contributed by atoms with van der Waals surface area (Å²) in [7, 11) is 0. The van der Waals surface area contributed by atoms with Gasteiger partial charge in [0, 0.05) is 16.4 Å². The molecular formula is C16H21N3S. The third-order valence-electron chi connectivity index (χ3n) is 3.37. The minimum atomic E-state index is 0.275. The molecule has 0 fully saturated rings. The van der Waals surface area contributed by atoms with E-state index in [-0.39, 0.29) is 5.92 Å². The Balaban J connectivity index is 2.39. The van der Waals surface area contributed by atoms with Gasteiger partial charge in [0.1, 0.15) is 16.7 Å². The lowest BCUT2D eigenvalue weighted by molar-refractivity contribution is 0.751. The smallest absolute Gasteiger partial charge is 0.134 e. The molecule has 0 unspecified atom stereocenters. The van der Waals surface area contributed by atoms with E-state index >= 15 is 0 Å². The van der Waals surface area contributed by atoms with E-state index in [0.29, 0.717) is 5.82 Å². The molecule has 2 rings (SSSR count). The van der Waals surface area contributed by atoms with E-state index in [1.54, 1.807) is 11.8 Å². The SMILES string of the molecule is Cc1ccc(Sc2nc(C(C)C)nc(N)c2C)cc1C. The van der Waals surface area contributed by atoms with Crippen LogP contribution in [-0.2, 0) is 0 Å². The van der Waals surface area contributed by atoms with Crippen molar-refractivity contribution in [1.29, 1.82) is 0 Å². The zero-order valence-corrected chi connectivity index (χ0v) is 13.5. The van der Waals surface area contributed by atoms with Crippen LogP contribution in [-0.4, -0.2) is 9.97 Å². The molecular weight excluding hydrogens is 266 g/mol. The number of aromatic nitrogens is 2. The molecule has 0 atom stereocenters. The number of nitrogen functional groups attached to an aromatic ring is 1. The van der Waals surface area contributed by atoms with Crippen molar-refractivity contribution in [1.82, 2.24) is 9.97 Å². The van der Waals surface area contributed by atoms with Crippen LogP contribution < -0.4 is 5.73 Å². The summed E-state index contributed by atoms with van der Waals surface area (Å²) in [6.45, 7) is 10.4. The van der Waals surface area contributed by atoms with Crippen molar-refractivity contribution in [2.24, 2.45) is 0 Å². The maximum absolute atomic E-state index is 6.00. The quantitative estimate of drug-likeness (QED) is 0.857. The van der Waals surface area contributed by atoms with Crippen LogP contribution in [0, 0.1) is 20.8 Å². The molecule has 0 saturated carbocycles. The van der Waals surface area contributed by atoms with Crippen LogP contribution in [0.3, 0.4) is 0 Å². The third-order valence-corrected chi connectivity index (χ3v) is 4.45. The molecule has 0 aliphatic carbocycles. The van der Waals surface area contributed by atoms with E-state index in [0.717, 1.165) is 16.4 Å². The van der Waals surface area contributed by atoms with E-state index in [1.807, 2.05) is 6.92 Å². The summed E-state index contributed by atoms with van der Waals surface area (Å²) < 4.78 is 0. The molecule has 0 amide bonds. The van der Waals surface area contributed by atoms with E-state index in [4.69, 9.17) is 5.73 Å². The fourth-order valence-electron chi connectivity index (χ4n) is 1.78. The van der Waals surface area contributed by atoms with Gasteiger partial charge in [-0.25, -0.2) is 9.97 Å². The van der Waals surface area contributed by atoms with Crippen molar-refractivity contribution in [2.45, 2.75) is 50.5 Å². The number of nitrogens with two attached hydrogens (primary N) is 1. The number of hydrogen-bond donors (Lipinski definition) is 1. The first-order chi connectivity index (χ1) is 9.38. The van der Waals surface area contributed by atoms with E-state index < -0.39 is 0 Å². The highest BCUT2D eigenvalue weighted by Crippen LogP contribution is 2.32. The van der Waals surface area contributed by atoms with Crippen LogP contribution in [0.5, 0.6) is 0 Å². The average molecular weight is 287 g/mol. The highest BCUT2D eigenvalue weighted by Gasteiger charge is 2.12. The summed E-state index contributed by atoms with van der Waals surface area (Å²) >= 11 is 1.65. The maximum atomic E-state index is 6.00. The first-order valence-electron chi connectivity index (χ1n) is 6.77. The number of hydrogen-bond acceptors (Lipinski definition) is 4. The topological polar surface area (TPSA) is 51.8 Å². The summed E-state index contributed by atoms with van der Waals surface area (Å²) in [6, 6.07) is 6.45. The highest BCUT2D eigenvalue weighted by atomic mass is 32.2. The van der Waals surface area contributed by atoms with Gasteiger partial charge in [-0.3, -0.25) is 0 Å². The molecule has 4 heteroatoms. The van der Waals surface area contributed by atoms with Crippen molar-refractivity contribution >= 4 is 17.6 Å². The van der Waals surface area contributed by atoms with Gasteiger partial charge in [-0.05, 0) is 44.0 Å². The molecule has 0 spiro atoms. The molecule has 2 N–H and O–H groups in total. The van der Waals surface area contributed by atoms with Gasteiger partial charge in [0.05, 0.1) is 0 Å². The van der Waals surface area contributed by atoms with Gasteiger partial charge in [0.15, 0.2) is 0 Å². The van der Waals surface area contributed by atoms with Gasteiger partial charge in [-0.15, -0.1) is 0 Å². The molecule has 0 radical (unpaired) electrons. The second-order valence-electron chi connectivity index (χ2n) is 5.40. The first kappa shape index (κ1) is 14.9. The fraction of sp³-hybridized carbons (Fsp3) is 0.375. The summed E-state index contributed by atoms with van der Waals surface area (Å²) in [5.41, 5.74) is 9.55. The monoisotopic (exact) mass is 287 g/mol. The Morgan fingerprint density at radius 1 is 1.05 bits per heavy atom. The van der Waals surface area contributed by atoms with Gasteiger partial charge in [0.25, 0.3) is 0 Å². The van der Waals surface area contributed by atoms with Crippen LogP contribution in [0.1, 0.15) is 42.3 Å². The van der Waals surface area contributed by atoms with E-state index in [9.17, 15) is 0 Å². The van der Waals surface area contributed by atoms with Crippen LogP contribution in [0.4, 0.5) is 5.82 Å². The Hall–Kier alpha value is -1.55. The van der Waals surface area contributed by atoms with Gasteiger partial charge in [-0.1, -0.05) is 31.7 Å². The number of aryl methyl sites for hydroxylation is 2. The standard InChI is InChI=1S/C16H21N3S/c1-9(2)15-18-14(17)12(5)16(19-15)20-13-7-6-10(3)11(4)8-13/h6-9H,1-5H3,(H2,17,18,19). The molecule has 106 valence electrons. The maximum Gasteiger partial charge on any atom is 0.134 e. The van der Waals surface area contributed by atoms with E-state index in [1.165, 1.54) is 16.0 Å². The molecule has 3 nitrogen and oxygen atoms in total. The highest BCUT2D eigenvalue weighted by molar-refractivity contribution is 7.99. The summed E-state index contributed by atoms with van der Waals surface area (Å²) in [5, 5.41) is 0.949. The Bertz CT molecular complexity index is 636.